The van der Waals surface area contributed by atoms with Crippen LogP contribution in [0.15, 0.2) is 181 Å². The predicted molar refractivity (Wildman–Crippen MR) is 227 cm³/mol. The number of hydrogen-bond acceptors (Lipinski definition) is 4. The van der Waals surface area contributed by atoms with Crippen LogP contribution in [0.3, 0.4) is 0 Å². The van der Waals surface area contributed by atoms with Crippen LogP contribution >= 0.6 is 0 Å². The molecule has 3 heterocycles. The van der Waals surface area contributed by atoms with Gasteiger partial charge in [0.25, 0.3) is 0 Å². The van der Waals surface area contributed by atoms with Crippen molar-refractivity contribution >= 4 is 49.8 Å². The first-order valence-corrected chi connectivity index (χ1v) is 18.4. The van der Waals surface area contributed by atoms with Crippen LogP contribution in [0.2, 0.25) is 0 Å². The van der Waals surface area contributed by atoms with Crippen LogP contribution in [0.4, 0.5) is 0 Å². The molecule has 5 heteroatoms. The summed E-state index contributed by atoms with van der Waals surface area (Å²) in [6.07, 6.45) is 5.94. The van der Waals surface area contributed by atoms with Gasteiger partial charge in [-0.25, -0.2) is 15.0 Å². The number of benzene rings is 7. The smallest absolute Gasteiger partial charge is 0.164 e. The fourth-order valence-corrected chi connectivity index (χ4v) is 7.70. The zero-order valence-corrected chi connectivity index (χ0v) is 30.1. The van der Waals surface area contributed by atoms with E-state index in [1.54, 1.807) is 0 Å². The summed E-state index contributed by atoms with van der Waals surface area (Å²) in [5, 5.41) is 4.29. The van der Waals surface area contributed by atoms with Gasteiger partial charge in [0.15, 0.2) is 17.5 Å². The van der Waals surface area contributed by atoms with Gasteiger partial charge in [-0.3, -0.25) is 0 Å². The average Bonchev–Trinajstić information content (AvgIpc) is 3.78. The predicted octanol–water partition coefficient (Wildman–Crippen LogP) is 13.0. The molecule has 0 atom stereocenters. The van der Waals surface area contributed by atoms with Crippen LogP contribution in [0.25, 0.3) is 101 Å². The van der Waals surface area contributed by atoms with Gasteiger partial charge in [0.1, 0.15) is 11.2 Å². The van der Waals surface area contributed by atoms with Gasteiger partial charge in [-0.1, -0.05) is 140 Å². The molecule has 0 saturated heterocycles. The molecule has 5 nitrogen and oxygen atoms in total. The second kappa shape index (κ2) is 13.2. The van der Waals surface area contributed by atoms with Crippen LogP contribution in [0, 0.1) is 6.92 Å². The lowest BCUT2D eigenvalue weighted by molar-refractivity contribution is 0.668. The Hall–Kier alpha value is -7.37. The zero-order valence-electron chi connectivity index (χ0n) is 30.1. The minimum Gasteiger partial charge on any atom is -0.456 e. The molecule has 0 spiro atoms. The van der Waals surface area contributed by atoms with Crippen molar-refractivity contribution < 1.29 is 4.42 Å². The molecule has 10 rings (SSSR count). The molecule has 0 N–H and O–H groups in total. The maximum Gasteiger partial charge on any atom is 0.164 e. The van der Waals surface area contributed by atoms with Crippen molar-refractivity contribution in [3.8, 4) is 51.0 Å². The van der Waals surface area contributed by atoms with E-state index in [1.807, 2.05) is 91.0 Å². The van der Waals surface area contributed by atoms with Gasteiger partial charge < -0.3 is 8.98 Å². The molecule has 0 aliphatic rings. The Morgan fingerprint density at radius 2 is 1.15 bits per heavy atom. The van der Waals surface area contributed by atoms with Gasteiger partial charge in [0.2, 0.25) is 0 Å². The minimum atomic E-state index is 0.575. The third-order valence-corrected chi connectivity index (χ3v) is 10.3. The topological polar surface area (TPSA) is 56.7 Å². The lowest BCUT2D eigenvalue weighted by atomic mass is 10.0. The van der Waals surface area contributed by atoms with Gasteiger partial charge in [-0.15, -0.1) is 0 Å². The van der Waals surface area contributed by atoms with Gasteiger partial charge in [-0.05, 0) is 65.6 Å². The normalized spacial score (nSPS) is 11.7. The van der Waals surface area contributed by atoms with Crippen molar-refractivity contribution in [3.05, 3.63) is 188 Å². The van der Waals surface area contributed by atoms with E-state index in [0.717, 1.165) is 77.2 Å². The molecule has 0 aliphatic carbocycles. The Labute approximate surface area is 318 Å². The minimum absolute atomic E-state index is 0.575. The summed E-state index contributed by atoms with van der Waals surface area (Å²) >= 11 is 0. The molecular formula is C50H34N4O. The van der Waals surface area contributed by atoms with E-state index in [0.29, 0.717) is 17.5 Å². The van der Waals surface area contributed by atoms with Crippen molar-refractivity contribution in [2.75, 3.05) is 0 Å². The van der Waals surface area contributed by atoms with Gasteiger partial charge >= 0.3 is 0 Å². The lowest BCUT2D eigenvalue weighted by Gasteiger charge is -2.13. The third kappa shape index (κ3) is 5.61. The molecule has 0 fully saturated rings. The Morgan fingerprint density at radius 3 is 1.84 bits per heavy atom. The second-order valence-electron chi connectivity index (χ2n) is 13.8. The lowest BCUT2D eigenvalue weighted by Crippen LogP contribution is -2.01. The summed E-state index contributed by atoms with van der Waals surface area (Å²) in [6, 6.07) is 54.6. The first-order valence-electron chi connectivity index (χ1n) is 18.4. The fraction of sp³-hybridized carbons (Fsp3) is 0.0200. The first-order chi connectivity index (χ1) is 27.1. The molecule has 0 amide bonds. The van der Waals surface area contributed by atoms with E-state index in [-0.39, 0.29) is 0 Å². The summed E-state index contributed by atoms with van der Waals surface area (Å²) in [5.74, 6) is 1.79. The molecular weight excluding hydrogens is 673 g/mol. The van der Waals surface area contributed by atoms with Crippen molar-refractivity contribution in [3.63, 3.8) is 0 Å². The molecule has 0 saturated carbocycles. The molecule has 3 aromatic heterocycles. The molecule has 10 aromatic rings. The molecule has 55 heavy (non-hydrogen) atoms. The number of furan rings is 1. The molecule has 7 aromatic carbocycles. The number of allylic oxidation sites excluding steroid dienone is 2. The Balaban J connectivity index is 1.29. The average molecular weight is 707 g/mol. The second-order valence-corrected chi connectivity index (χ2v) is 13.8. The van der Waals surface area contributed by atoms with Crippen molar-refractivity contribution in [1.29, 1.82) is 0 Å². The SMILES string of the molecule is C=C/C=C\c1cc2c3cc(-c4ccccc4)ccc3n(-c3cc(-c4nc(-c5ccccc5)nc(-c5ccccc5)n4)c4c(c3)oc3ccccc34)c2cc1C. The monoisotopic (exact) mass is 706 g/mol. The van der Waals surface area contributed by atoms with E-state index >= 15 is 0 Å². The largest absolute Gasteiger partial charge is 0.456 e. The Bertz CT molecular complexity index is 3050. The standard InChI is InChI=1S/C50H34N4O/c1-3-4-16-36-28-41-40-29-37(33-17-8-5-9-18-33)25-26-43(40)54(44(41)27-32(36)2)38-30-42(47-39-23-14-15-24-45(39)55-46(47)31-38)50-52-48(34-19-10-6-11-20-34)51-49(53-50)35-21-12-7-13-22-35/h3-31H,1H2,2H3/b16-4-. The third-order valence-electron chi connectivity index (χ3n) is 10.3. The molecule has 0 unspecified atom stereocenters. The number of aromatic nitrogens is 4. The Kier molecular flexibility index (Phi) is 7.77. The highest BCUT2D eigenvalue weighted by Crippen LogP contribution is 2.42. The molecule has 0 bridgehead atoms. The van der Waals surface area contributed by atoms with Crippen LogP contribution in [-0.2, 0) is 0 Å². The highest BCUT2D eigenvalue weighted by atomic mass is 16.3. The van der Waals surface area contributed by atoms with Crippen molar-refractivity contribution in [1.82, 2.24) is 19.5 Å². The van der Waals surface area contributed by atoms with E-state index in [1.165, 1.54) is 11.1 Å². The summed E-state index contributed by atoms with van der Waals surface area (Å²) in [4.78, 5) is 15.4. The van der Waals surface area contributed by atoms with E-state index in [2.05, 4.69) is 103 Å². The van der Waals surface area contributed by atoms with Gasteiger partial charge in [0, 0.05) is 44.3 Å². The van der Waals surface area contributed by atoms with Crippen LogP contribution < -0.4 is 0 Å². The number of para-hydroxylation sites is 1. The van der Waals surface area contributed by atoms with Crippen molar-refractivity contribution in [2.45, 2.75) is 6.92 Å². The maximum absolute atomic E-state index is 6.67. The summed E-state index contributed by atoms with van der Waals surface area (Å²) < 4.78 is 9.02. The number of nitrogens with zero attached hydrogens (tertiary/aromatic N) is 4. The number of fused-ring (bicyclic) bond motifs is 6. The highest BCUT2D eigenvalue weighted by molar-refractivity contribution is 6.14. The summed E-state index contributed by atoms with van der Waals surface area (Å²) in [5.41, 5.74) is 12.1. The summed E-state index contributed by atoms with van der Waals surface area (Å²) in [7, 11) is 0. The van der Waals surface area contributed by atoms with Crippen molar-refractivity contribution in [2.24, 2.45) is 0 Å². The van der Waals surface area contributed by atoms with Crippen LogP contribution in [0.1, 0.15) is 11.1 Å². The summed E-state index contributed by atoms with van der Waals surface area (Å²) in [6.45, 7) is 6.07. The van der Waals surface area contributed by atoms with E-state index in [9.17, 15) is 0 Å². The van der Waals surface area contributed by atoms with E-state index in [4.69, 9.17) is 19.4 Å². The quantitative estimate of drug-likeness (QED) is 0.155. The number of hydrogen-bond donors (Lipinski definition) is 0. The fourth-order valence-electron chi connectivity index (χ4n) is 7.70. The van der Waals surface area contributed by atoms with E-state index < -0.39 is 0 Å². The van der Waals surface area contributed by atoms with Crippen LogP contribution in [-0.4, -0.2) is 19.5 Å². The molecule has 0 aliphatic heterocycles. The molecule has 260 valence electrons. The maximum atomic E-state index is 6.67. The highest BCUT2D eigenvalue weighted by Gasteiger charge is 2.22. The number of rotatable bonds is 7. The van der Waals surface area contributed by atoms with Gasteiger partial charge in [-0.2, -0.15) is 0 Å². The number of aryl methyl sites for hydroxylation is 1. The van der Waals surface area contributed by atoms with Crippen LogP contribution in [0.5, 0.6) is 0 Å². The van der Waals surface area contributed by atoms with Gasteiger partial charge in [0.05, 0.1) is 16.7 Å². The Morgan fingerprint density at radius 1 is 0.527 bits per heavy atom. The first kappa shape index (κ1) is 32.3. The zero-order chi connectivity index (χ0) is 36.9. The molecule has 0 radical (unpaired) electrons.